The maximum atomic E-state index is 12.2. The van der Waals surface area contributed by atoms with E-state index in [1.165, 1.54) is 37.0 Å². The van der Waals surface area contributed by atoms with Crippen LogP contribution in [0.25, 0.3) is 0 Å². The smallest absolute Gasteiger partial charge is 0.237 e. The van der Waals surface area contributed by atoms with Crippen LogP contribution in [0.15, 0.2) is 29.2 Å². The van der Waals surface area contributed by atoms with Crippen molar-refractivity contribution in [2.75, 3.05) is 5.73 Å². The van der Waals surface area contributed by atoms with E-state index in [4.69, 9.17) is 5.73 Å². The zero-order valence-corrected chi connectivity index (χ0v) is 15.6. The lowest BCUT2D eigenvalue weighted by molar-refractivity contribution is -0.122. The number of hydrogen-bond acceptors (Lipinski definition) is 4. The molecule has 0 bridgehead atoms. The van der Waals surface area contributed by atoms with Crippen molar-refractivity contribution >= 4 is 23.4 Å². The monoisotopic (exact) mass is 367 g/mol. The number of nitrogens with zero attached hydrogens (tertiary/aromatic N) is 1. The summed E-state index contributed by atoms with van der Waals surface area (Å²) in [5.74, 6) is 2.37. The number of amides is 1. The third-order valence-corrected chi connectivity index (χ3v) is 8.91. The lowest BCUT2D eigenvalue weighted by atomic mass is 9.63. The molecule has 4 nitrogen and oxygen atoms in total. The molecule has 3 saturated carbocycles. The molecule has 1 aromatic rings. The Labute approximate surface area is 158 Å². The van der Waals surface area contributed by atoms with E-state index in [-0.39, 0.29) is 17.9 Å². The van der Waals surface area contributed by atoms with Crippen LogP contribution in [0.5, 0.6) is 0 Å². The highest BCUT2D eigenvalue weighted by Gasteiger charge is 2.62. The number of benzene rings is 1. The first-order valence-corrected chi connectivity index (χ1v) is 10.8. The average molecular weight is 368 g/mol. The number of rotatable bonds is 2. The van der Waals surface area contributed by atoms with Crippen LogP contribution in [0, 0.1) is 46.8 Å². The highest BCUT2D eigenvalue weighted by atomic mass is 32.2. The van der Waals surface area contributed by atoms with Crippen LogP contribution in [0.2, 0.25) is 0 Å². The van der Waals surface area contributed by atoms with Gasteiger partial charge in [-0.2, -0.15) is 5.26 Å². The Bertz CT molecular complexity index is 758. The zero-order chi connectivity index (χ0) is 17.8. The molecule has 0 radical (unpaired) electrons. The van der Waals surface area contributed by atoms with Crippen molar-refractivity contribution in [2.24, 2.45) is 35.5 Å². The highest BCUT2D eigenvalue weighted by molar-refractivity contribution is 8.00. The molecule has 1 saturated heterocycles. The van der Waals surface area contributed by atoms with Crippen molar-refractivity contribution in [1.82, 2.24) is 5.32 Å². The van der Waals surface area contributed by atoms with Gasteiger partial charge in [0.15, 0.2) is 0 Å². The second-order valence-electron chi connectivity index (χ2n) is 8.52. The molecule has 4 aliphatic rings. The molecule has 5 rings (SSSR count). The zero-order valence-electron chi connectivity index (χ0n) is 14.8. The van der Waals surface area contributed by atoms with Gasteiger partial charge in [-0.05, 0) is 73.6 Å². The molecule has 0 aromatic heterocycles. The van der Waals surface area contributed by atoms with Gasteiger partial charge in [0.05, 0.1) is 6.07 Å². The number of fused-ring (bicyclic) bond motifs is 3. The number of carbonyl (C=O) groups excluding carboxylic acids is 1. The molecule has 136 valence electrons. The van der Waals surface area contributed by atoms with Gasteiger partial charge in [0, 0.05) is 27.8 Å². The number of nitrogen functional groups attached to an aromatic ring is 1. The number of nitriles is 1. The van der Waals surface area contributed by atoms with Crippen LogP contribution >= 0.6 is 11.8 Å². The van der Waals surface area contributed by atoms with Gasteiger partial charge in [0.25, 0.3) is 0 Å². The van der Waals surface area contributed by atoms with Crippen molar-refractivity contribution in [3.8, 4) is 6.07 Å². The summed E-state index contributed by atoms with van der Waals surface area (Å²) in [4.78, 5) is 13.6. The van der Waals surface area contributed by atoms with Gasteiger partial charge in [-0.1, -0.05) is 6.42 Å². The normalized spacial score (nSPS) is 43.3. The summed E-state index contributed by atoms with van der Waals surface area (Å²) >= 11 is 2.02. The van der Waals surface area contributed by atoms with Crippen molar-refractivity contribution < 1.29 is 4.79 Å². The Kier molecular flexibility index (Phi) is 3.93. The van der Waals surface area contributed by atoms with Gasteiger partial charge < -0.3 is 11.1 Å². The molecule has 1 amide bonds. The summed E-state index contributed by atoms with van der Waals surface area (Å²) < 4.78 is 0. The fourth-order valence-corrected chi connectivity index (χ4v) is 8.03. The van der Waals surface area contributed by atoms with Crippen molar-refractivity contribution in [2.45, 2.75) is 48.3 Å². The Balaban J connectivity index is 1.41. The van der Waals surface area contributed by atoms with E-state index >= 15 is 0 Å². The third-order valence-electron chi connectivity index (χ3n) is 7.47. The first-order chi connectivity index (χ1) is 12.7. The van der Waals surface area contributed by atoms with Crippen molar-refractivity contribution in [3.05, 3.63) is 24.3 Å². The molecule has 8 unspecified atom stereocenters. The number of thioether (sulfide) groups is 1. The van der Waals surface area contributed by atoms with Gasteiger partial charge in [0.2, 0.25) is 5.91 Å². The minimum absolute atomic E-state index is 0.0125. The summed E-state index contributed by atoms with van der Waals surface area (Å²) in [5, 5.41) is 13.4. The van der Waals surface area contributed by atoms with Crippen LogP contribution in [0.3, 0.4) is 0 Å². The number of hydrogen-bond donors (Lipinski definition) is 2. The van der Waals surface area contributed by atoms with E-state index in [9.17, 15) is 10.1 Å². The number of anilines is 1. The molecule has 0 spiro atoms. The molecule has 1 heterocycles. The standard InChI is InChI=1S/C21H25N3OS/c22-10-16-19-14-8-9-17(26-12-6-4-11(23)5-7-12)13-2-1-3-15(18(13)14)20(19)24-21(16)25/h4-7,13-20H,1-3,8-9,23H2,(H,24,25). The Hall–Kier alpha value is -1.67. The van der Waals surface area contributed by atoms with Crippen LogP contribution in [-0.2, 0) is 4.79 Å². The fourth-order valence-electron chi connectivity index (χ4n) is 6.64. The predicted molar refractivity (Wildman–Crippen MR) is 102 cm³/mol. The second-order valence-corrected chi connectivity index (χ2v) is 9.83. The number of nitrogens with two attached hydrogens (primary N) is 1. The minimum atomic E-state index is -0.419. The fraction of sp³-hybridized carbons (Fsp3) is 0.619. The molecular formula is C21H25N3OS. The number of carbonyl (C=O) groups is 1. The van der Waals surface area contributed by atoms with E-state index in [1.807, 2.05) is 23.9 Å². The minimum Gasteiger partial charge on any atom is -0.399 e. The quantitative estimate of drug-likeness (QED) is 0.785. The van der Waals surface area contributed by atoms with Gasteiger partial charge in [0.1, 0.15) is 5.92 Å². The Morgan fingerprint density at radius 3 is 2.58 bits per heavy atom. The molecule has 4 fully saturated rings. The summed E-state index contributed by atoms with van der Waals surface area (Å²) in [7, 11) is 0. The summed E-state index contributed by atoms with van der Waals surface area (Å²) in [5.41, 5.74) is 6.65. The molecule has 5 heteroatoms. The first kappa shape index (κ1) is 16.5. The van der Waals surface area contributed by atoms with Gasteiger partial charge in [-0.25, -0.2) is 0 Å². The largest absolute Gasteiger partial charge is 0.399 e. The van der Waals surface area contributed by atoms with Gasteiger partial charge in [-0.3, -0.25) is 4.79 Å². The van der Waals surface area contributed by atoms with Crippen molar-refractivity contribution in [3.63, 3.8) is 0 Å². The van der Waals surface area contributed by atoms with Crippen LogP contribution in [-0.4, -0.2) is 17.2 Å². The van der Waals surface area contributed by atoms with E-state index in [0.29, 0.717) is 23.0 Å². The summed E-state index contributed by atoms with van der Waals surface area (Å²) in [6.07, 6.45) is 6.14. The summed E-state index contributed by atoms with van der Waals surface area (Å²) in [6, 6.07) is 10.8. The molecule has 8 atom stereocenters. The van der Waals surface area contributed by atoms with E-state index in [1.54, 1.807) is 0 Å². The topological polar surface area (TPSA) is 78.9 Å². The first-order valence-electron chi connectivity index (χ1n) is 9.89. The molecule has 26 heavy (non-hydrogen) atoms. The maximum absolute atomic E-state index is 12.2. The van der Waals surface area contributed by atoms with Gasteiger partial charge >= 0.3 is 0 Å². The van der Waals surface area contributed by atoms with Crippen LogP contribution in [0.1, 0.15) is 32.1 Å². The number of nitrogens with one attached hydrogen (secondary N) is 1. The van der Waals surface area contributed by atoms with Crippen molar-refractivity contribution in [1.29, 1.82) is 5.26 Å². The van der Waals surface area contributed by atoms with Crippen LogP contribution < -0.4 is 11.1 Å². The molecule has 3 aliphatic carbocycles. The van der Waals surface area contributed by atoms with E-state index in [0.717, 1.165) is 11.6 Å². The van der Waals surface area contributed by atoms with E-state index in [2.05, 4.69) is 23.5 Å². The second kappa shape index (κ2) is 6.20. The Morgan fingerprint density at radius 1 is 1.04 bits per heavy atom. The third kappa shape index (κ3) is 2.38. The lowest BCUT2D eigenvalue weighted by Gasteiger charge is -2.46. The average Bonchev–Trinajstić information content (AvgIpc) is 3.14. The lowest BCUT2D eigenvalue weighted by Crippen LogP contribution is -2.43. The van der Waals surface area contributed by atoms with Gasteiger partial charge in [-0.15, -0.1) is 11.8 Å². The Morgan fingerprint density at radius 2 is 1.81 bits per heavy atom. The van der Waals surface area contributed by atoms with Crippen LogP contribution in [0.4, 0.5) is 5.69 Å². The molecule has 1 aliphatic heterocycles. The SMILES string of the molecule is N#CC1C(=O)NC2C3CCCC4C(Sc5ccc(N)cc5)CCC(C43)C12. The maximum Gasteiger partial charge on any atom is 0.237 e. The highest BCUT2D eigenvalue weighted by Crippen LogP contribution is 2.61. The molecular weight excluding hydrogens is 342 g/mol. The molecule has 1 aromatic carbocycles. The summed E-state index contributed by atoms with van der Waals surface area (Å²) in [6.45, 7) is 0. The predicted octanol–water partition coefficient (Wildman–Crippen LogP) is 3.44. The molecule has 3 N–H and O–H groups in total. The van der Waals surface area contributed by atoms with E-state index < -0.39 is 5.92 Å².